The van der Waals surface area contributed by atoms with Gasteiger partial charge in [-0.1, -0.05) is 20.8 Å². The molecule has 1 aromatic rings. The van der Waals surface area contributed by atoms with Gasteiger partial charge in [0.05, 0.1) is 0 Å². The van der Waals surface area contributed by atoms with E-state index in [1.807, 2.05) is 11.0 Å². The van der Waals surface area contributed by atoms with Gasteiger partial charge in [-0.15, -0.1) is 0 Å². The summed E-state index contributed by atoms with van der Waals surface area (Å²) in [5.41, 5.74) is 1.54. The van der Waals surface area contributed by atoms with Crippen molar-refractivity contribution in [1.82, 2.24) is 14.9 Å². The lowest BCUT2D eigenvalue weighted by Gasteiger charge is -2.31. The van der Waals surface area contributed by atoms with E-state index in [2.05, 4.69) is 30.7 Å². The van der Waals surface area contributed by atoms with Gasteiger partial charge in [0.15, 0.2) is 0 Å². The minimum atomic E-state index is 0.0732. The molecule has 0 unspecified atom stereocenters. The Morgan fingerprint density at radius 2 is 1.88 bits per heavy atom. The molecule has 0 aliphatic carbocycles. The first kappa shape index (κ1) is 17.2. The second-order valence-corrected chi connectivity index (χ2v) is 7.68. The van der Waals surface area contributed by atoms with Gasteiger partial charge in [-0.05, 0) is 50.0 Å². The molecule has 132 valence electrons. The molecular weight excluding hydrogens is 300 g/mol. The minimum Gasteiger partial charge on any atom is -0.341 e. The maximum absolute atomic E-state index is 13.0. The van der Waals surface area contributed by atoms with Crippen LogP contribution in [0, 0.1) is 5.92 Å². The van der Waals surface area contributed by atoms with Crippen LogP contribution in [0.2, 0.25) is 0 Å². The van der Waals surface area contributed by atoms with E-state index in [0.29, 0.717) is 17.5 Å². The summed E-state index contributed by atoms with van der Waals surface area (Å²) in [6, 6.07) is 1.90. The standard InChI is InChI=1S/C19H30N4O/c1-14(2)16-12-17(18(24)23-11-7-8-15(3)13-23)21-19(20-16)22-9-5-4-6-10-22/h12,14-15H,4-11,13H2,1-3H3/t15-/m1/s1. The summed E-state index contributed by atoms with van der Waals surface area (Å²) in [5.74, 6) is 1.69. The minimum absolute atomic E-state index is 0.0732. The summed E-state index contributed by atoms with van der Waals surface area (Å²) in [5, 5.41) is 0. The van der Waals surface area contributed by atoms with Crippen molar-refractivity contribution in [2.75, 3.05) is 31.1 Å². The smallest absolute Gasteiger partial charge is 0.272 e. The number of aromatic nitrogens is 2. The Hall–Kier alpha value is -1.65. The van der Waals surface area contributed by atoms with Crippen LogP contribution in [0.3, 0.4) is 0 Å². The number of anilines is 1. The number of carbonyl (C=O) groups excluding carboxylic acids is 1. The van der Waals surface area contributed by atoms with Crippen molar-refractivity contribution < 1.29 is 4.79 Å². The lowest BCUT2D eigenvalue weighted by atomic mass is 10.00. The van der Waals surface area contributed by atoms with Gasteiger partial charge >= 0.3 is 0 Å². The number of hydrogen-bond acceptors (Lipinski definition) is 4. The van der Waals surface area contributed by atoms with E-state index >= 15 is 0 Å². The van der Waals surface area contributed by atoms with Crippen LogP contribution in [-0.2, 0) is 0 Å². The number of piperidine rings is 2. The molecule has 5 heteroatoms. The molecule has 24 heavy (non-hydrogen) atoms. The molecule has 2 aliphatic rings. The maximum atomic E-state index is 13.0. The molecule has 0 N–H and O–H groups in total. The highest BCUT2D eigenvalue weighted by Gasteiger charge is 2.25. The topological polar surface area (TPSA) is 49.3 Å². The highest BCUT2D eigenvalue weighted by Crippen LogP contribution is 2.23. The molecule has 0 bridgehead atoms. The van der Waals surface area contributed by atoms with E-state index in [4.69, 9.17) is 4.98 Å². The third-order valence-corrected chi connectivity index (χ3v) is 5.13. The van der Waals surface area contributed by atoms with Crippen molar-refractivity contribution in [3.8, 4) is 0 Å². The summed E-state index contributed by atoms with van der Waals surface area (Å²) in [4.78, 5) is 26.6. The second kappa shape index (κ2) is 7.49. The molecule has 5 nitrogen and oxygen atoms in total. The Morgan fingerprint density at radius 3 is 2.54 bits per heavy atom. The lowest BCUT2D eigenvalue weighted by molar-refractivity contribution is 0.0676. The van der Waals surface area contributed by atoms with Crippen LogP contribution in [0.15, 0.2) is 6.07 Å². The Labute approximate surface area is 145 Å². The monoisotopic (exact) mass is 330 g/mol. The largest absolute Gasteiger partial charge is 0.341 e. The van der Waals surface area contributed by atoms with Crippen LogP contribution < -0.4 is 4.90 Å². The number of amides is 1. The van der Waals surface area contributed by atoms with E-state index in [0.717, 1.165) is 44.2 Å². The highest BCUT2D eigenvalue weighted by atomic mass is 16.2. The van der Waals surface area contributed by atoms with Crippen LogP contribution in [0.5, 0.6) is 0 Å². The van der Waals surface area contributed by atoms with Gasteiger partial charge in [0.25, 0.3) is 5.91 Å². The summed E-state index contributed by atoms with van der Waals surface area (Å²) >= 11 is 0. The van der Waals surface area contributed by atoms with Gasteiger partial charge in [-0.3, -0.25) is 4.79 Å². The van der Waals surface area contributed by atoms with Gasteiger partial charge in [-0.2, -0.15) is 0 Å². The van der Waals surface area contributed by atoms with Crippen molar-refractivity contribution >= 4 is 11.9 Å². The molecule has 0 spiro atoms. The molecule has 1 aromatic heterocycles. The van der Waals surface area contributed by atoms with Crippen LogP contribution in [0.1, 0.15) is 75.0 Å². The SMILES string of the molecule is CC(C)c1cc(C(=O)N2CCC[C@@H](C)C2)nc(N2CCCCC2)n1. The van der Waals surface area contributed by atoms with E-state index in [1.54, 1.807) is 0 Å². The van der Waals surface area contributed by atoms with Crippen LogP contribution >= 0.6 is 0 Å². The molecular formula is C19H30N4O. The van der Waals surface area contributed by atoms with E-state index in [-0.39, 0.29) is 5.91 Å². The Balaban J connectivity index is 1.88. The average molecular weight is 330 g/mol. The number of nitrogens with zero attached hydrogens (tertiary/aromatic N) is 4. The zero-order valence-electron chi connectivity index (χ0n) is 15.3. The average Bonchev–Trinajstić information content (AvgIpc) is 2.61. The number of hydrogen-bond donors (Lipinski definition) is 0. The first-order valence-corrected chi connectivity index (χ1v) is 9.48. The zero-order chi connectivity index (χ0) is 17.1. The Kier molecular flexibility index (Phi) is 5.36. The van der Waals surface area contributed by atoms with Crippen molar-refractivity contribution in [1.29, 1.82) is 0 Å². The summed E-state index contributed by atoms with van der Waals surface area (Å²) in [6.07, 6.45) is 5.94. The fourth-order valence-electron chi connectivity index (χ4n) is 3.63. The van der Waals surface area contributed by atoms with Crippen molar-refractivity contribution in [3.63, 3.8) is 0 Å². The van der Waals surface area contributed by atoms with Gasteiger partial charge in [-0.25, -0.2) is 9.97 Å². The third kappa shape index (κ3) is 3.87. The second-order valence-electron chi connectivity index (χ2n) is 7.68. The van der Waals surface area contributed by atoms with Crippen LogP contribution in [0.4, 0.5) is 5.95 Å². The predicted octanol–water partition coefficient (Wildman–Crippen LogP) is 3.46. The molecule has 3 heterocycles. The summed E-state index contributed by atoms with van der Waals surface area (Å²) < 4.78 is 0. The Morgan fingerprint density at radius 1 is 1.12 bits per heavy atom. The number of carbonyl (C=O) groups is 1. The lowest BCUT2D eigenvalue weighted by Crippen LogP contribution is -2.40. The Bertz CT molecular complexity index is 581. The van der Waals surface area contributed by atoms with Gasteiger partial charge < -0.3 is 9.80 Å². The van der Waals surface area contributed by atoms with E-state index in [1.165, 1.54) is 25.7 Å². The first-order valence-electron chi connectivity index (χ1n) is 9.48. The number of rotatable bonds is 3. The fourth-order valence-corrected chi connectivity index (χ4v) is 3.63. The first-order chi connectivity index (χ1) is 11.5. The van der Waals surface area contributed by atoms with E-state index < -0.39 is 0 Å². The zero-order valence-corrected chi connectivity index (χ0v) is 15.3. The molecule has 0 saturated carbocycles. The molecule has 1 atom stereocenters. The maximum Gasteiger partial charge on any atom is 0.272 e. The van der Waals surface area contributed by atoms with Crippen molar-refractivity contribution in [2.45, 2.75) is 58.8 Å². The van der Waals surface area contributed by atoms with Crippen molar-refractivity contribution in [2.24, 2.45) is 5.92 Å². The molecule has 2 aliphatic heterocycles. The quantitative estimate of drug-likeness (QED) is 0.851. The third-order valence-electron chi connectivity index (χ3n) is 5.13. The van der Waals surface area contributed by atoms with Crippen molar-refractivity contribution in [3.05, 3.63) is 17.5 Å². The summed E-state index contributed by atoms with van der Waals surface area (Å²) in [7, 11) is 0. The van der Waals surface area contributed by atoms with E-state index in [9.17, 15) is 4.79 Å². The molecule has 2 fully saturated rings. The van der Waals surface area contributed by atoms with Gasteiger partial charge in [0.1, 0.15) is 5.69 Å². The highest BCUT2D eigenvalue weighted by molar-refractivity contribution is 5.92. The summed E-state index contributed by atoms with van der Waals surface area (Å²) in [6.45, 7) is 10.2. The molecule has 1 amide bonds. The normalized spacial score (nSPS) is 22.1. The molecule has 3 rings (SSSR count). The predicted molar refractivity (Wildman–Crippen MR) is 96.5 cm³/mol. The molecule has 0 radical (unpaired) electrons. The van der Waals surface area contributed by atoms with Gasteiger partial charge in [0, 0.05) is 31.9 Å². The molecule has 0 aromatic carbocycles. The van der Waals surface area contributed by atoms with Crippen LogP contribution in [0.25, 0.3) is 0 Å². The van der Waals surface area contributed by atoms with Gasteiger partial charge in [0.2, 0.25) is 5.95 Å². The fraction of sp³-hybridized carbons (Fsp3) is 0.737. The van der Waals surface area contributed by atoms with Crippen LogP contribution in [-0.4, -0.2) is 47.0 Å². The molecule has 2 saturated heterocycles. The number of likely N-dealkylation sites (tertiary alicyclic amines) is 1.